The molecule has 32 heavy (non-hydrogen) atoms. The SMILES string of the molecule is Cc1ccc(CNC(=O)c2cn3c(c(O)c2=O)C(=O)N2CN3[C@H](CF)CC[C@@H]2C)c(F)c1. The van der Waals surface area contributed by atoms with E-state index in [0.29, 0.717) is 12.8 Å². The summed E-state index contributed by atoms with van der Waals surface area (Å²) in [5.41, 5.74) is -0.777. The zero-order valence-corrected chi connectivity index (χ0v) is 17.8. The number of pyridine rings is 1. The van der Waals surface area contributed by atoms with Gasteiger partial charge >= 0.3 is 0 Å². The molecular formula is C22H24F2N4O4. The second kappa shape index (κ2) is 8.25. The Labute approximate surface area is 183 Å². The number of aryl methyl sites for hydroxylation is 1. The maximum Gasteiger partial charge on any atom is 0.278 e. The van der Waals surface area contributed by atoms with Crippen LogP contribution in [0.1, 0.15) is 51.7 Å². The predicted octanol–water partition coefficient (Wildman–Crippen LogP) is 1.80. The minimum absolute atomic E-state index is 0.0690. The summed E-state index contributed by atoms with van der Waals surface area (Å²) >= 11 is 0. The van der Waals surface area contributed by atoms with E-state index >= 15 is 0 Å². The number of nitrogens with one attached hydrogen (secondary N) is 1. The van der Waals surface area contributed by atoms with E-state index in [9.17, 15) is 28.3 Å². The van der Waals surface area contributed by atoms with Crippen molar-refractivity contribution in [3.05, 3.63) is 62.8 Å². The molecule has 1 fully saturated rings. The Hall–Kier alpha value is -3.43. The van der Waals surface area contributed by atoms with Crippen LogP contribution in [0.25, 0.3) is 0 Å². The maximum absolute atomic E-state index is 14.1. The lowest BCUT2D eigenvalue weighted by atomic mass is 10.1. The number of carbonyl (C=O) groups is 2. The number of carbonyl (C=O) groups excluding carboxylic acids is 2. The summed E-state index contributed by atoms with van der Waals surface area (Å²) in [5, 5.41) is 14.6. The van der Waals surface area contributed by atoms with Crippen LogP contribution in [0.2, 0.25) is 0 Å². The van der Waals surface area contributed by atoms with Gasteiger partial charge in [-0.15, -0.1) is 0 Å². The molecule has 2 bridgehead atoms. The van der Waals surface area contributed by atoms with Gasteiger partial charge in [-0.3, -0.25) is 24.1 Å². The zero-order valence-electron chi connectivity index (χ0n) is 17.8. The highest BCUT2D eigenvalue weighted by atomic mass is 19.1. The molecule has 2 atom stereocenters. The number of amides is 2. The van der Waals surface area contributed by atoms with Crippen LogP contribution in [-0.2, 0) is 6.54 Å². The van der Waals surface area contributed by atoms with Crippen molar-refractivity contribution >= 4 is 11.8 Å². The maximum atomic E-state index is 14.1. The van der Waals surface area contributed by atoms with Crippen LogP contribution in [0, 0.1) is 12.7 Å². The number of alkyl halides is 1. The Balaban J connectivity index is 1.71. The lowest BCUT2D eigenvalue weighted by Gasteiger charge is -2.42. The second-order valence-corrected chi connectivity index (χ2v) is 8.28. The topological polar surface area (TPSA) is 94.9 Å². The van der Waals surface area contributed by atoms with E-state index in [0.717, 1.165) is 11.8 Å². The lowest BCUT2D eigenvalue weighted by molar-refractivity contribution is 0.0625. The Morgan fingerprint density at radius 2 is 2.03 bits per heavy atom. The molecule has 0 spiro atoms. The van der Waals surface area contributed by atoms with Crippen LogP contribution in [0.5, 0.6) is 5.75 Å². The third kappa shape index (κ3) is 3.59. The fourth-order valence-electron chi connectivity index (χ4n) is 4.17. The zero-order chi connectivity index (χ0) is 23.2. The second-order valence-electron chi connectivity index (χ2n) is 8.28. The molecule has 170 valence electrons. The van der Waals surface area contributed by atoms with Crippen molar-refractivity contribution in [1.29, 1.82) is 0 Å². The molecule has 2 aromatic rings. The summed E-state index contributed by atoms with van der Waals surface area (Å²) in [6.45, 7) is 2.76. The molecule has 8 nitrogen and oxygen atoms in total. The van der Waals surface area contributed by atoms with Crippen molar-refractivity contribution in [3.8, 4) is 5.75 Å². The van der Waals surface area contributed by atoms with E-state index in [4.69, 9.17) is 0 Å². The number of aromatic hydroxyl groups is 1. The van der Waals surface area contributed by atoms with Gasteiger partial charge in [0.2, 0.25) is 5.43 Å². The van der Waals surface area contributed by atoms with Crippen molar-refractivity contribution in [1.82, 2.24) is 14.9 Å². The van der Waals surface area contributed by atoms with Gasteiger partial charge in [0, 0.05) is 24.3 Å². The molecule has 10 heteroatoms. The van der Waals surface area contributed by atoms with E-state index in [-0.39, 0.29) is 30.5 Å². The quantitative estimate of drug-likeness (QED) is 0.747. The number of benzene rings is 1. The Kier molecular flexibility index (Phi) is 5.62. The third-order valence-electron chi connectivity index (χ3n) is 6.14. The number of hydrogen-bond donors (Lipinski definition) is 2. The first-order chi connectivity index (χ1) is 15.2. The molecule has 3 heterocycles. The van der Waals surface area contributed by atoms with Gasteiger partial charge in [-0.05, 0) is 38.3 Å². The number of hydrogen-bond acceptors (Lipinski definition) is 5. The average Bonchev–Trinajstić information content (AvgIpc) is 2.90. The van der Waals surface area contributed by atoms with Crippen molar-refractivity contribution in [3.63, 3.8) is 0 Å². The predicted molar refractivity (Wildman–Crippen MR) is 112 cm³/mol. The van der Waals surface area contributed by atoms with Gasteiger partial charge in [-0.1, -0.05) is 12.1 Å². The molecule has 0 aliphatic carbocycles. The molecule has 1 aromatic carbocycles. The molecular weight excluding hydrogens is 422 g/mol. The van der Waals surface area contributed by atoms with Crippen LogP contribution < -0.4 is 15.8 Å². The number of aromatic nitrogens is 1. The van der Waals surface area contributed by atoms with E-state index in [2.05, 4.69) is 5.32 Å². The molecule has 2 N–H and O–H groups in total. The summed E-state index contributed by atoms with van der Waals surface area (Å²) in [6, 6.07) is 3.76. The highest BCUT2D eigenvalue weighted by Crippen LogP contribution is 2.29. The number of halogens is 2. The molecule has 0 radical (unpaired) electrons. The van der Waals surface area contributed by atoms with Gasteiger partial charge in [0.25, 0.3) is 11.8 Å². The fourth-order valence-corrected chi connectivity index (χ4v) is 4.17. The van der Waals surface area contributed by atoms with Crippen LogP contribution in [0.15, 0.2) is 29.2 Å². The molecule has 2 aliphatic heterocycles. The standard InChI is InChI=1S/C22H24F2N4O4/c1-12-3-5-14(17(24)7-12)9-25-21(31)16-10-27-18(20(30)19(16)29)22(32)26-11-28(27)15(8-23)6-4-13(26)2/h3,5,7,10,13,15,30H,4,6,8-9,11H2,1-2H3,(H,25,31)/t13-,15-/m0/s1. The van der Waals surface area contributed by atoms with E-state index in [1.807, 2.05) is 6.92 Å². The van der Waals surface area contributed by atoms with Gasteiger partial charge in [0.1, 0.15) is 24.7 Å². The van der Waals surface area contributed by atoms with Gasteiger partial charge < -0.3 is 15.3 Å². The smallest absolute Gasteiger partial charge is 0.278 e. The van der Waals surface area contributed by atoms with Crippen molar-refractivity contribution in [2.75, 3.05) is 18.4 Å². The third-order valence-corrected chi connectivity index (χ3v) is 6.14. The van der Waals surface area contributed by atoms with Crippen LogP contribution in [0.3, 0.4) is 0 Å². The minimum atomic E-state index is -1.02. The highest BCUT2D eigenvalue weighted by molar-refractivity contribution is 5.99. The first kappa shape index (κ1) is 21.8. The van der Waals surface area contributed by atoms with E-state index in [1.165, 1.54) is 26.7 Å². The van der Waals surface area contributed by atoms with Crippen LogP contribution in [-0.4, -0.2) is 51.9 Å². The summed E-state index contributed by atoms with van der Waals surface area (Å²) in [5.74, 6) is -2.76. The summed E-state index contributed by atoms with van der Waals surface area (Å²) in [7, 11) is 0. The molecule has 4 rings (SSSR count). The van der Waals surface area contributed by atoms with Crippen molar-refractivity contribution in [2.24, 2.45) is 0 Å². The van der Waals surface area contributed by atoms with E-state index in [1.54, 1.807) is 13.0 Å². The molecule has 1 saturated heterocycles. The van der Waals surface area contributed by atoms with Crippen LogP contribution in [0.4, 0.5) is 8.78 Å². The number of fused-ring (bicyclic) bond motifs is 4. The van der Waals surface area contributed by atoms with Gasteiger partial charge in [0.15, 0.2) is 11.4 Å². The average molecular weight is 446 g/mol. The molecule has 2 aliphatic rings. The number of rotatable bonds is 4. The normalized spacial score (nSPS) is 20.1. The first-order valence-corrected chi connectivity index (χ1v) is 10.4. The Morgan fingerprint density at radius 3 is 2.72 bits per heavy atom. The summed E-state index contributed by atoms with van der Waals surface area (Å²) < 4.78 is 29.1. The molecule has 0 unspecified atom stereocenters. The summed E-state index contributed by atoms with van der Waals surface area (Å²) in [4.78, 5) is 39.9. The fraction of sp³-hybridized carbons (Fsp3) is 0.409. The minimum Gasteiger partial charge on any atom is -0.502 e. The monoisotopic (exact) mass is 446 g/mol. The lowest BCUT2D eigenvalue weighted by Crippen LogP contribution is -2.58. The Morgan fingerprint density at radius 1 is 1.28 bits per heavy atom. The molecule has 2 amide bonds. The number of nitrogens with zero attached hydrogens (tertiary/aromatic N) is 3. The first-order valence-electron chi connectivity index (χ1n) is 10.4. The highest BCUT2D eigenvalue weighted by Gasteiger charge is 2.40. The molecule has 0 saturated carbocycles. The van der Waals surface area contributed by atoms with Gasteiger partial charge in [0.05, 0.1) is 6.04 Å². The summed E-state index contributed by atoms with van der Waals surface area (Å²) in [6.07, 6.45) is 2.17. The van der Waals surface area contributed by atoms with Gasteiger partial charge in [-0.25, -0.2) is 8.78 Å². The van der Waals surface area contributed by atoms with Crippen LogP contribution >= 0.6 is 0 Å². The Bertz CT molecular complexity index is 1150. The molecule has 1 aromatic heterocycles. The van der Waals surface area contributed by atoms with E-state index < -0.39 is 47.1 Å². The largest absolute Gasteiger partial charge is 0.502 e. The van der Waals surface area contributed by atoms with Gasteiger partial charge in [-0.2, -0.15) is 0 Å². The van der Waals surface area contributed by atoms with Crippen molar-refractivity contribution in [2.45, 2.75) is 45.3 Å². The van der Waals surface area contributed by atoms with Crippen molar-refractivity contribution < 1.29 is 23.5 Å².